The molecule has 0 aromatic carbocycles. The van der Waals surface area contributed by atoms with Crippen LogP contribution in [0.1, 0.15) is 35.4 Å². The van der Waals surface area contributed by atoms with Crippen LogP contribution >= 0.6 is 0 Å². The van der Waals surface area contributed by atoms with Gasteiger partial charge in [-0.25, -0.2) is 4.98 Å². The molecule has 5 heterocycles. The van der Waals surface area contributed by atoms with E-state index in [1.54, 1.807) is 12.4 Å². The summed E-state index contributed by atoms with van der Waals surface area (Å²) in [4.78, 5) is 23.5. The lowest BCUT2D eigenvalue weighted by atomic mass is 9.76. The first kappa shape index (κ1) is 16.2. The fraction of sp³-hybridized carbons (Fsp3) is 0.400. The molecule has 7 heteroatoms. The molecule has 3 aromatic heterocycles. The van der Waals surface area contributed by atoms with E-state index in [-0.39, 0.29) is 11.3 Å². The van der Waals surface area contributed by atoms with Crippen molar-refractivity contribution < 1.29 is 4.79 Å². The number of nitrogens with zero attached hydrogens (tertiary/aromatic N) is 6. The summed E-state index contributed by atoms with van der Waals surface area (Å²) in [5, 5.41) is 4.29. The number of aromatic nitrogens is 5. The van der Waals surface area contributed by atoms with E-state index < -0.39 is 0 Å². The number of likely N-dealkylation sites (tertiary alicyclic amines) is 1. The Balaban J connectivity index is 1.37. The van der Waals surface area contributed by atoms with Crippen LogP contribution in [0.4, 0.5) is 0 Å². The van der Waals surface area contributed by atoms with Gasteiger partial charge in [-0.1, -0.05) is 0 Å². The summed E-state index contributed by atoms with van der Waals surface area (Å²) < 4.78 is 4.24. The van der Waals surface area contributed by atoms with Gasteiger partial charge in [0.25, 0.3) is 5.91 Å². The lowest BCUT2D eigenvalue weighted by Gasteiger charge is -2.38. The summed E-state index contributed by atoms with van der Waals surface area (Å²) in [5.74, 6) is 1.25. The van der Waals surface area contributed by atoms with E-state index in [1.165, 1.54) is 5.82 Å². The third-order valence-electron chi connectivity index (χ3n) is 6.14. The van der Waals surface area contributed by atoms with Crippen LogP contribution in [-0.4, -0.2) is 48.2 Å². The van der Waals surface area contributed by atoms with Crippen LogP contribution in [0, 0.1) is 0 Å². The van der Waals surface area contributed by atoms with Gasteiger partial charge >= 0.3 is 0 Å². The third kappa shape index (κ3) is 2.49. The van der Waals surface area contributed by atoms with E-state index in [0.717, 1.165) is 50.3 Å². The summed E-state index contributed by atoms with van der Waals surface area (Å²) in [5.41, 5.74) is 2.98. The van der Waals surface area contributed by atoms with E-state index in [4.69, 9.17) is 4.98 Å². The summed E-state index contributed by atoms with van der Waals surface area (Å²) >= 11 is 0. The first-order valence-corrected chi connectivity index (χ1v) is 9.42. The molecular weight excluding hydrogens is 340 g/mol. The van der Waals surface area contributed by atoms with Crippen LogP contribution in [0.15, 0.2) is 43.0 Å². The zero-order valence-corrected chi connectivity index (χ0v) is 15.4. The molecule has 0 bridgehead atoms. The molecule has 0 unspecified atom stereocenters. The van der Waals surface area contributed by atoms with Gasteiger partial charge in [0, 0.05) is 50.7 Å². The molecule has 138 valence electrons. The third-order valence-corrected chi connectivity index (χ3v) is 6.14. The molecule has 1 amide bonds. The molecule has 1 fully saturated rings. The van der Waals surface area contributed by atoms with Crippen molar-refractivity contribution in [3.05, 3.63) is 54.4 Å². The number of pyridine rings is 1. The molecule has 3 aromatic rings. The number of rotatable bonds is 2. The number of hydrogen-bond donors (Lipinski definition) is 0. The summed E-state index contributed by atoms with van der Waals surface area (Å²) in [6.07, 6.45) is 10.1. The number of amides is 1. The Morgan fingerprint density at radius 2 is 1.85 bits per heavy atom. The van der Waals surface area contributed by atoms with Crippen molar-refractivity contribution in [1.82, 2.24) is 29.2 Å². The van der Waals surface area contributed by atoms with E-state index in [1.807, 2.05) is 47.2 Å². The molecule has 2 aliphatic heterocycles. The summed E-state index contributed by atoms with van der Waals surface area (Å²) in [7, 11) is 1.96. The first-order chi connectivity index (χ1) is 13.2. The van der Waals surface area contributed by atoms with E-state index >= 15 is 0 Å². The maximum absolute atomic E-state index is 12.7. The van der Waals surface area contributed by atoms with Crippen molar-refractivity contribution in [3.63, 3.8) is 0 Å². The Labute approximate surface area is 157 Å². The van der Waals surface area contributed by atoms with Gasteiger partial charge in [-0.05, 0) is 37.5 Å². The average molecular weight is 362 g/mol. The van der Waals surface area contributed by atoms with Gasteiger partial charge in [-0.3, -0.25) is 14.5 Å². The van der Waals surface area contributed by atoms with Gasteiger partial charge in [0.15, 0.2) is 0 Å². The SMILES string of the molecule is Cn1nccc1-c1cnc2n1CCC21CCN(C(=O)c2cccnc2)CC1. The maximum atomic E-state index is 12.7. The molecule has 7 nitrogen and oxygen atoms in total. The average Bonchev–Trinajstić information content (AvgIpc) is 3.40. The van der Waals surface area contributed by atoms with Crippen LogP contribution in [0.5, 0.6) is 0 Å². The van der Waals surface area contributed by atoms with Crippen molar-refractivity contribution in [2.75, 3.05) is 13.1 Å². The van der Waals surface area contributed by atoms with Crippen molar-refractivity contribution in [3.8, 4) is 11.4 Å². The minimum absolute atomic E-state index is 0.0786. The lowest BCUT2D eigenvalue weighted by molar-refractivity contribution is 0.0663. The van der Waals surface area contributed by atoms with Gasteiger partial charge in [0.2, 0.25) is 0 Å². The number of hydrogen-bond acceptors (Lipinski definition) is 4. The van der Waals surface area contributed by atoms with E-state index in [9.17, 15) is 4.79 Å². The maximum Gasteiger partial charge on any atom is 0.255 e. The predicted molar refractivity (Wildman–Crippen MR) is 100 cm³/mol. The Hall–Kier alpha value is -2.96. The fourth-order valence-corrected chi connectivity index (χ4v) is 4.58. The van der Waals surface area contributed by atoms with Crippen LogP contribution in [0.2, 0.25) is 0 Å². The van der Waals surface area contributed by atoms with Crippen LogP contribution in [0.3, 0.4) is 0 Å². The van der Waals surface area contributed by atoms with Crippen LogP contribution < -0.4 is 0 Å². The van der Waals surface area contributed by atoms with Gasteiger partial charge < -0.3 is 9.47 Å². The highest BCUT2D eigenvalue weighted by Crippen LogP contribution is 2.44. The number of fused-ring (bicyclic) bond motifs is 2. The van der Waals surface area contributed by atoms with Gasteiger partial charge in [-0.2, -0.15) is 5.10 Å². The van der Waals surface area contributed by atoms with Gasteiger partial charge in [0.1, 0.15) is 5.82 Å². The number of piperidine rings is 1. The lowest BCUT2D eigenvalue weighted by Crippen LogP contribution is -2.44. The Kier molecular flexibility index (Phi) is 3.63. The highest BCUT2D eigenvalue weighted by Gasteiger charge is 2.44. The molecule has 1 saturated heterocycles. The standard InChI is InChI=1S/C20H22N6O/c1-24-16(4-9-23-24)17-14-22-19-20(7-12-26(17)19)5-10-25(11-6-20)18(27)15-3-2-8-21-13-15/h2-4,8-9,13-14H,5-7,10-12H2,1H3. The molecule has 5 rings (SSSR count). The van der Waals surface area contributed by atoms with Crippen molar-refractivity contribution in [2.45, 2.75) is 31.2 Å². The zero-order chi connectivity index (χ0) is 18.4. The second-order valence-corrected chi connectivity index (χ2v) is 7.52. The molecule has 0 radical (unpaired) electrons. The van der Waals surface area contributed by atoms with Crippen molar-refractivity contribution >= 4 is 5.91 Å². The number of aryl methyl sites for hydroxylation is 1. The quantitative estimate of drug-likeness (QED) is 0.701. The highest BCUT2D eigenvalue weighted by molar-refractivity contribution is 5.93. The van der Waals surface area contributed by atoms with Crippen LogP contribution in [0.25, 0.3) is 11.4 Å². The normalized spacial score (nSPS) is 18.0. The van der Waals surface area contributed by atoms with E-state index in [0.29, 0.717) is 5.56 Å². The number of carbonyl (C=O) groups is 1. The largest absolute Gasteiger partial charge is 0.339 e. The Morgan fingerprint density at radius 3 is 2.56 bits per heavy atom. The fourth-order valence-electron chi connectivity index (χ4n) is 4.58. The van der Waals surface area contributed by atoms with Crippen molar-refractivity contribution in [1.29, 1.82) is 0 Å². The topological polar surface area (TPSA) is 68.8 Å². The molecule has 0 N–H and O–H groups in total. The summed E-state index contributed by atoms with van der Waals surface area (Å²) in [6.45, 7) is 2.51. The molecule has 0 saturated carbocycles. The molecule has 0 atom stereocenters. The Morgan fingerprint density at radius 1 is 1.04 bits per heavy atom. The number of imidazole rings is 1. The minimum Gasteiger partial charge on any atom is -0.339 e. The summed E-state index contributed by atoms with van der Waals surface area (Å²) in [6, 6.07) is 5.68. The monoisotopic (exact) mass is 362 g/mol. The zero-order valence-electron chi connectivity index (χ0n) is 15.4. The van der Waals surface area contributed by atoms with E-state index in [2.05, 4.69) is 14.6 Å². The Bertz CT molecular complexity index is 981. The second-order valence-electron chi connectivity index (χ2n) is 7.52. The van der Waals surface area contributed by atoms with Crippen molar-refractivity contribution in [2.24, 2.45) is 7.05 Å². The minimum atomic E-state index is 0.0786. The molecular formula is C20H22N6O. The van der Waals surface area contributed by atoms with Gasteiger partial charge in [0.05, 0.1) is 23.1 Å². The van der Waals surface area contributed by atoms with Crippen LogP contribution in [-0.2, 0) is 19.0 Å². The predicted octanol–water partition coefficient (Wildman–Crippen LogP) is 2.26. The van der Waals surface area contributed by atoms with Gasteiger partial charge in [-0.15, -0.1) is 0 Å². The second kappa shape index (κ2) is 6.04. The molecule has 2 aliphatic rings. The first-order valence-electron chi connectivity index (χ1n) is 9.42. The molecule has 27 heavy (non-hydrogen) atoms. The number of carbonyl (C=O) groups excluding carboxylic acids is 1. The smallest absolute Gasteiger partial charge is 0.255 e. The highest BCUT2D eigenvalue weighted by atomic mass is 16.2. The molecule has 0 aliphatic carbocycles. The molecule has 1 spiro atoms.